The Bertz CT molecular complexity index is 495. The molecular weight excluding hydrogens is 276 g/mol. The van der Waals surface area contributed by atoms with Gasteiger partial charge in [-0.05, 0) is 25.5 Å². The Kier molecular flexibility index (Phi) is 4.68. The van der Waals surface area contributed by atoms with Gasteiger partial charge in [0.2, 0.25) is 5.91 Å². The van der Waals surface area contributed by atoms with E-state index in [1.165, 1.54) is 0 Å². The van der Waals surface area contributed by atoms with Crippen LogP contribution in [0, 0.1) is 5.41 Å². The highest BCUT2D eigenvalue weighted by Crippen LogP contribution is 2.30. The molecule has 1 fully saturated rings. The van der Waals surface area contributed by atoms with Crippen LogP contribution in [0.3, 0.4) is 0 Å². The SMILES string of the molecule is CCN(Cc1ccccc1Cl)C(=O)C1(C)COCC1N. The van der Waals surface area contributed by atoms with Crippen LogP contribution in [0.4, 0.5) is 0 Å². The first-order valence-electron chi connectivity index (χ1n) is 6.85. The molecule has 2 rings (SSSR count). The van der Waals surface area contributed by atoms with Gasteiger partial charge in [-0.3, -0.25) is 4.79 Å². The molecule has 1 aliphatic heterocycles. The Balaban J connectivity index is 2.16. The Labute approximate surface area is 124 Å². The zero-order chi connectivity index (χ0) is 14.8. The van der Waals surface area contributed by atoms with Crippen molar-refractivity contribution in [2.24, 2.45) is 11.1 Å². The van der Waals surface area contributed by atoms with E-state index in [2.05, 4.69) is 0 Å². The van der Waals surface area contributed by atoms with E-state index in [1.54, 1.807) is 4.90 Å². The van der Waals surface area contributed by atoms with Gasteiger partial charge in [-0.2, -0.15) is 0 Å². The zero-order valence-corrected chi connectivity index (χ0v) is 12.7. The van der Waals surface area contributed by atoms with Crippen LogP contribution < -0.4 is 5.73 Å². The van der Waals surface area contributed by atoms with Gasteiger partial charge >= 0.3 is 0 Å². The first-order valence-corrected chi connectivity index (χ1v) is 7.23. The van der Waals surface area contributed by atoms with Crippen LogP contribution in [0.2, 0.25) is 5.02 Å². The van der Waals surface area contributed by atoms with Gasteiger partial charge in [-0.1, -0.05) is 29.8 Å². The number of nitrogens with two attached hydrogens (primary N) is 1. The summed E-state index contributed by atoms with van der Waals surface area (Å²) in [6.45, 7) is 5.77. The summed E-state index contributed by atoms with van der Waals surface area (Å²) in [6, 6.07) is 7.32. The molecule has 2 atom stereocenters. The predicted molar refractivity (Wildman–Crippen MR) is 79.4 cm³/mol. The summed E-state index contributed by atoms with van der Waals surface area (Å²) < 4.78 is 5.36. The number of carbonyl (C=O) groups is 1. The fraction of sp³-hybridized carbons (Fsp3) is 0.533. The summed E-state index contributed by atoms with van der Waals surface area (Å²) in [5.74, 6) is 0.0323. The van der Waals surface area contributed by atoms with E-state index < -0.39 is 5.41 Å². The van der Waals surface area contributed by atoms with E-state index in [9.17, 15) is 4.79 Å². The molecule has 0 spiro atoms. The number of amides is 1. The van der Waals surface area contributed by atoms with Crippen molar-refractivity contribution in [3.05, 3.63) is 34.9 Å². The normalized spacial score (nSPS) is 25.7. The number of nitrogens with zero attached hydrogens (tertiary/aromatic N) is 1. The summed E-state index contributed by atoms with van der Waals surface area (Å²) in [6.07, 6.45) is 0. The lowest BCUT2D eigenvalue weighted by atomic mass is 9.84. The van der Waals surface area contributed by atoms with Gasteiger partial charge in [-0.15, -0.1) is 0 Å². The molecule has 5 heteroatoms. The van der Waals surface area contributed by atoms with E-state index >= 15 is 0 Å². The number of halogens is 1. The minimum atomic E-state index is -0.642. The zero-order valence-electron chi connectivity index (χ0n) is 11.9. The first-order chi connectivity index (χ1) is 9.49. The van der Waals surface area contributed by atoms with E-state index in [-0.39, 0.29) is 11.9 Å². The number of hydrogen-bond donors (Lipinski definition) is 1. The first kappa shape index (κ1) is 15.3. The van der Waals surface area contributed by atoms with Crippen molar-refractivity contribution in [1.82, 2.24) is 4.90 Å². The summed E-state index contributed by atoms with van der Waals surface area (Å²) in [7, 11) is 0. The Morgan fingerprint density at radius 3 is 2.80 bits per heavy atom. The van der Waals surface area contributed by atoms with Crippen molar-refractivity contribution in [2.45, 2.75) is 26.4 Å². The number of ether oxygens (including phenoxy) is 1. The lowest BCUT2D eigenvalue weighted by molar-refractivity contribution is -0.142. The Hall–Kier alpha value is -1.10. The second-order valence-corrected chi connectivity index (χ2v) is 5.86. The maximum Gasteiger partial charge on any atom is 0.232 e. The average molecular weight is 297 g/mol. The summed E-state index contributed by atoms with van der Waals surface area (Å²) in [4.78, 5) is 14.5. The number of benzene rings is 1. The molecule has 4 nitrogen and oxygen atoms in total. The minimum absolute atomic E-state index is 0.0323. The molecule has 1 aliphatic rings. The molecule has 0 aromatic heterocycles. The van der Waals surface area contributed by atoms with Gasteiger partial charge in [0.15, 0.2) is 0 Å². The van der Waals surface area contributed by atoms with E-state index in [0.717, 1.165) is 5.56 Å². The standard InChI is InChI=1S/C15H21ClN2O2/c1-3-18(8-11-6-4-5-7-12(11)16)14(19)15(2)10-20-9-13(15)17/h4-7,13H,3,8-10,17H2,1-2H3. The van der Waals surface area contributed by atoms with Crippen LogP contribution >= 0.6 is 11.6 Å². The van der Waals surface area contributed by atoms with Crippen molar-refractivity contribution in [3.8, 4) is 0 Å². The lowest BCUT2D eigenvalue weighted by Gasteiger charge is -2.32. The van der Waals surface area contributed by atoms with E-state index in [1.807, 2.05) is 38.1 Å². The molecule has 0 bridgehead atoms. The Morgan fingerprint density at radius 2 is 2.25 bits per heavy atom. The van der Waals surface area contributed by atoms with Crippen LogP contribution in [0.15, 0.2) is 24.3 Å². The molecule has 1 aromatic rings. The molecule has 0 saturated carbocycles. The number of rotatable bonds is 4. The third-order valence-corrected chi connectivity index (χ3v) is 4.36. The molecule has 0 aliphatic carbocycles. The van der Waals surface area contributed by atoms with Crippen LogP contribution in [0.1, 0.15) is 19.4 Å². The van der Waals surface area contributed by atoms with E-state index in [0.29, 0.717) is 31.3 Å². The topological polar surface area (TPSA) is 55.6 Å². The monoisotopic (exact) mass is 296 g/mol. The fourth-order valence-corrected chi connectivity index (χ4v) is 2.63. The van der Waals surface area contributed by atoms with Gasteiger partial charge in [0, 0.05) is 24.2 Å². The molecule has 1 heterocycles. The van der Waals surface area contributed by atoms with E-state index in [4.69, 9.17) is 22.1 Å². The smallest absolute Gasteiger partial charge is 0.232 e. The molecule has 2 N–H and O–H groups in total. The quantitative estimate of drug-likeness (QED) is 0.925. The van der Waals surface area contributed by atoms with Crippen molar-refractivity contribution in [3.63, 3.8) is 0 Å². The molecule has 0 radical (unpaired) electrons. The van der Waals surface area contributed by atoms with Gasteiger partial charge in [0.25, 0.3) is 0 Å². The van der Waals surface area contributed by atoms with Gasteiger partial charge in [0.05, 0.1) is 18.6 Å². The third-order valence-electron chi connectivity index (χ3n) is 3.99. The van der Waals surface area contributed by atoms with Crippen molar-refractivity contribution < 1.29 is 9.53 Å². The molecule has 110 valence electrons. The van der Waals surface area contributed by atoms with Gasteiger partial charge < -0.3 is 15.4 Å². The average Bonchev–Trinajstić information content (AvgIpc) is 2.78. The molecule has 1 amide bonds. The van der Waals surface area contributed by atoms with Crippen molar-refractivity contribution in [1.29, 1.82) is 0 Å². The van der Waals surface area contributed by atoms with Gasteiger partial charge in [-0.25, -0.2) is 0 Å². The van der Waals surface area contributed by atoms with Crippen LogP contribution in [0.25, 0.3) is 0 Å². The molecular formula is C15H21ClN2O2. The fourth-order valence-electron chi connectivity index (χ4n) is 2.43. The molecule has 1 saturated heterocycles. The van der Waals surface area contributed by atoms with Crippen molar-refractivity contribution in [2.75, 3.05) is 19.8 Å². The largest absolute Gasteiger partial charge is 0.379 e. The predicted octanol–water partition coefficient (Wildman–Crippen LogP) is 2.05. The summed E-state index contributed by atoms with van der Waals surface area (Å²) in [5.41, 5.74) is 6.33. The second kappa shape index (κ2) is 6.12. The maximum atomic E-state index is 12.7. The highest BCUT2D eigenvalue weighted by Gasteiger charge is 2.46. The summed E-state index contributed by atoms with van der Waals surface area (Å²) >= 11 is 6.17. The number of hydrogen-bond acceptors (Lipinski definition) is 3. The highest BCUT2D eigenvalue weighted by atomic mass is 35.5. The highest BCUT2D eigenvalue weighted by molar-refractivity contribution is 6.31. The van der Waals surface area contributed by atoms with Crippen LogP contribution in [-0.2, 0) is 16.1 Å². The minimum Gasteiger partial charge on any atom is -0.379 e. The number of carbonyl (C=O) groups excluding carboxylic acids is 1. The summed E-state index contributed by atoms with van der Waals surface area (Å²) in [5, 5.41) is 0.677. The van der Waals surface area contributed by atoms with Gasteiger partial charge in [0.1, 0.15) is 0 Å². The third kappa shape index (κ3) is 2.82. The van der Waals surface area contributed by atoms with Crippen LogP contribution in [-0.4, -0.2) is 36.6 Å². The molecule has 1 aromatic carbocycles. The molecule has 2 unspecified atom stereocenters. The van der Waals surface area contributed by atoms with Crippen LogP contribution in [0.5, 0.6) is 0 Å². The second-order valence-electron chi connectivity index (χ2n) is 5.45. The maximum absolute atomic E-state index is 12.7. The lowest BCUT2D eigenvalue weighted by Crippen LogP contribution is -2.51. The Morgan fingerprint density at radius 1 is 1.55 bits per heavy atom. The molecule has 20 heavy (non-hydrogen) atoms. The van der Waals surface area contributed by atoms with Crippen molar-refractivity contribution >= 4 is 17.5 Å².